The van der Waals surface area contributed by atoms with Crippen LogP contribution in [0.2, 0.25) is 5.02 Å². The molecular formula is C18H19ClN4O3. The first-order valence-electron chi connectivity index (χ1n) is 8.09. The van der Waals surface area contributed by atoms with Crippen LogP contribution in [-0.2, 0) is 11.2 Å². The zero-order valence-corrected chi connectivity index (χ0v) is 15.2. The molecule has 0 bridgehead atoms. The molecule has 1 aromatic carbocycles. The number of carbonyl (C=O) groups is 1. The fourth-order valence-corrected chi connectivity index (χ4v) is 2.91. The van der Waals surface area contributed by atoms with E-state index in [1.807, 2.05) is 18.2 Å². The van der Waals surface area contributed by atoms with E-state index in [2.05, 4.69) is 15.4 Å². The topological polar surface area (TPSA) is 88.8 Å². The van der Waals surface area contributed by atoms with Gasteiger partial charge in [-0.15, -0.1) is 0 Å². The Hall–Kier alpha value is -2.64. The Kier molecular flexibility index (Phi) is 5.39. The summed E-state index contributed by atoms with van der Waals surface area (Å²) in [4.78, 5) is 16.8. The Labute approximate surface area is 155 Å². The largest absolute Gasteiger partial charge is 0.493 e. The summed E-state index contributed by atoms with van der Waals surface area (Å²) < 4.78 is 6.19. The van der Waals surface area contributed by atoms with Crippen LogP contribution in [0.25, 0.3) is 5.65 Å². The first kappa shape index (κ1) is 18.2. The summed E-state index contributed by atoms with van der Waals surface area (Å²) in [5.74, 6) is -0.352. The first-order chi connectivity index (χ1) is 12.5. The average Bonchev–Trinajstić information content (AvgIpc) is 3.02. The van der Waals surface area contributed by atoms with E-state index in [4.69, 9.17) is 16.3 Å². The van der Waals surface area contributed by atoms with Gasteiger partial charge in [0.15, 0.2) is 5.65 Å². The molecule has 2 heterocycles. The van der Waals surface area contributed by atoms with Gasteiger partial charge in [-0.05, 0) is 24.6 Å². The van der Waals surface area contributed by atoms with Crippen LogP contribution in [0.1, 0.15) is 27.2 Å². The van der Waals surface area contributed by atoms with Crippen molar-refractivity contribution in [1.82, 2.24) is 19.9 Å². The quantitative estimate of drug-likeness (QED) is 0.646. The van der Waals surface area contributed by atoms with E-state index in [0.29, 0.717) is 47.1 Å². The maximum Gasteiger partial charge on any atom is 0.256 e. The van der Waals surface area contributed by atoms with E-state index in [-0.39, 0.29) is 11.8 Å². The first-order valence-corrected chi connectivity index (χ1v) is 8.46. The van der Waals surface area contributed by atoms with Crippen LogP contribution in [-0.4, -0.2) is 45.9 Å². The third kappa shape index (κ3) is 3.63. The lowest BCUT2D eigenvalue weighted by Crippen LogP contribution is -2.27. The molecule has 0 radical (unpaired) electrons. The Morgan fingerprint density at radius 1 is 1.42 bits per heavy atom. The minimum absolute atomic E-state index is 0.0385. The highest BCUT2D eigenvalue weighted by molar-refractivity contribution is 6.30. The van der Waals surface area contributed by atoms with Gasteiger partial charge in [0.05, 0.1) is 12.8 Å². The fraction of sp³-hybridized carbons (Fsp3) is 0.278. The number of hydrogen-bond donors (Lipinski definition) is 2. The molecule has 2 aromatic heterocycles. The minimum Gasteiger partial charge on any atom is -0.493 e. The number of methoxy groups -OCH3 is 1. The second-order valence-corrected chi connectivity index (χ2v) is 6.28. The second-order valence-electron chi connectivity index (χ2n) is 5.85. The van der Waals surface area contributed by atoms with Gasteiger partial charge in [0.2, 0.25) is 5.88 Å². The van der Waals surface area contributed by atoms with Crippen molar-refractivity contribution in [3.05, 3.63) is 57.9 Å². The Morgan fingerprint density at radius 2 is 2.23 bits per heavy atom. The lowest BCUT2D eigenvalue weighted by atomic mass is 10.0. The van der Waals surface area contributed by atoms with Gasteiger partial charge in [-0.2, -0.15) is 9.61 Å². The molecule has 3 rings (SSSR count). The monoisotopic (exact) mass is 374 g/mol. The zero-order chi connectivity index (χ0) is 18.7. The van der Waals surface area contributed by atoms with Crippen molar-refractivity contribution in [2.75, 3.05) is 20.3 Å². The van der Waals surface area contributed by atoms with Crippen molar-refractivity contribution in [3.8, 4) is 5.88 Å². The van der Waals surface area contributed by atoms with Crippen LogP contribution in [0.5, 0.6) is 5.88 Å². The van der Waals surface area contributed by atoms with Gasteiger partial charge in [0.1, 0.15) is 5.56 Å². The van der Waals surface area contributed by atoms with E-state index >= 15 is 0 Å². The maximum atomic E-state index is 12.3. The lowest BCUT2D eigenvalue weighted by molar-refractivity contribution is 0.0938. The van der Waals surface area contributed by atoms with Crippen molar-refractivity contribution in [3.63, 3.8) is 0 Å². The van der Waals surface area contributed by atoms with Gasteiger partial charge < -0.3 is 15.2 Å². The number of aromatic nitrogens is 3. The Morgan fingerprint density at radius 3 is 2.96 bits per heavy atom. The summed E-state index contributed by atoms with van der Waals surface area (Å²) in [6.07, 6.45) is 1.85. The maximum absolute atomic E-state index is 12.3. The SMILES string of the molecule is COCCNC(=O)c1cnn2c(O)c(Cc3cccc(Cl)c3)c(C)nc12. The molecule has 0 aliphatic carbocycles. The van der Waals surface area contributed by atoms with Gasteiger partial charge in [0, 0.05) is 36.4 Å². The zero-order valence-electron chi connectivity index (χ0n) is 14.5. The smallest absolute Gasteiger partial charge is 0.256 e. The number of ether oxygens (including phenoxy) is 1. The molecule has 0 spiro atoms. The molecule has 0 saturated carbocycles. The summed E-state index contributed by atoms with van der Waals surface area (Å²) >= 11 is 6.03. The number of nitrogens with one attached hydrogen (secondary N) is 1. The third-order valence-corrected chi connectivity index (χ3v) is 4.27. The van der Waals surface area contributed by atoms with E-state index in [0.717, 1.165) is 5.56 Å². The van der Waals surface area contributed by atoms with Crippen LogP contribution >= 0.6 is 11.6 Å². The number of amides is 1. The second kappa shape index (κ2) is 7.72. The summed E-state index contributed by atoms with van der Waals surface area (Å²) in [5.41, 5.74) is 2.82. The van der Waals surface area contributed by atoms with Crippen molar-refractivity contribution in [2.24, 2.45) is 0 Å². The van der Waals surface area contributed by atoms with Gasteiger partial charge in [-0.1, -0.05) is 23.7 Å². The van der Waals surface area contributed by atoms with Gasteiger partial charge >= 0.3 is 0 Å². The van der Waals surface area contributed by atoms with Crippen molar-refractivity contribution < 1.29 is 14.6 Å². The highest BCUT2D eigenvalue weighted by Gasteiger charge is 2.19. The molecule has 7 nitrogen and oxygen atoms in total. The Bertz CT molecular complexity index is 955. The predicted octanol–water partition coefficient (Wildman–Crippen LogP) is 2.36. The molecule has 136 valence electrons. The minimum atomic E-state index is -0.314. The van der Waals surface area contributed by atoms with E-state index < -0.39 is 0 Å². The van der Waals surface area contributed by atoms with Crippen LogP contribution in [0, 0.1) is 6.92 Å². The van der Waals surface area contributed by atoms with Gasteiger partial charge in [-0.25, -0.2) is 4.98 Å². The molecular weight excluding hydrogens is 356 g/mol. The summed E-state index contributed by atoms with van der Waals surface area (Å²) in [6, 6.07) is 7.41. The molecule has 0 saturated heterocycles. The number of aromatic hydroxyl groups is 1. The van der Waals surface area contributed by atoms with Gasteiger partial charge in [-0.3, -0.25) is 4.79 Å². The number of rotatable bonds is 6. The van der Waals surface area contributed by atoms with E-state index in [1.54, 1.807) is 20.1 Å². The van der Waals surface area contributed by atoms with Crippen molar-refractivity contribution >= 4 is 23.2 Å². The highest BCUT2D eigenvalue weighted by atomic mass is 35.5. The molecule has 0 fully saturated rings. The summed E-state index contributed by atoms with van der Waals surface area (Å²) in [5, 5.41) is 18.1. The number of carbonyl (C=O) groups excluding carboxylic acids is 1. The molecule has 0 aliphatic rings. The number of fused-ring (bicyclic) bond motifs is 1. The number of aryl methyl sites for hydroxylation is 1. The van der Waals surface area contributed by atoms with Gasteiger partial charge in [0.25, 0.3) is 5.91 Å². The fourth-order valence-electron chi connectivity index (χ4n) is 2.70. The molecule has 0 atom stereocenters. The highest BCUT2D eigenvalue weighted by Crippen LogP contribution is 2.26. The van der Waals surface area contributed by atoms with E-state index in [9.17, 15) is 9.90 Å². The number of nitrogens with zero attached hydrogens (tertiary/aromatic N) is 3. The molecule has 26 heavy (non-hydrogen) atoms. The normalized spacial score (nSPS) is 11.0. The number of benzene rings is 1. The van der Waals surface area contributed by atoms with E-state index in [1.165, 1.54) is 10.7 Å². The van der Waals surface area contributed by atoms with Crippen LogP contribution in [0.3, 0.4) is 0 Å². The molecule has 0 unspecified atom stereocenters. The van der Waals surface area contributed by atoms with Crippen molar-refractivity contribution in [2.45, 2.75) is 13.3 Å². The standard InChI is InChI=1S/C18H19ClN4O3/c1-11-14(9-12-4-3-5-13(19)8-12)18(25)23-16(22-11)15(10-21-23)17(24)20-6-7-26-2/h3-5,8,10,25H,6-7,9H2,1-2H3,(H,20,24). The lowest BCUT2D eigenvalue weighted by Gasteiger charge is -2.10. The molecule has 2 N–H and O–H groups in total. The number of hydrogen-bond acceptors (Lipinski definition) is 5. The Balaban J connectivity index is 1.95. The molecule has 3 aromatic rings. The number of halogens is 1. The average molecular weight is 375 g/mol. The molecule has 0 aliphatic heterocycles. The third-order valence-electron chi connectivity index (χ3n) is 4.03. The summed E-state index contributed by atoms with van der Waals surface area (Å²) in [6.45, 7) is 2.58. The summed E-state index contributed by atoms with van der Waals surface area (Å²) in [7, 11) is 1.56. The molecule has 1 amide bonds. The van der Waals surface area contributed by atoms with Crippen LogP contribution in [0.15, 0.2) is 30.5 Å². The van der Waals surface area contributed by atoms with Crippen LogP contribution < -0.4 is 5.32 Å². The molecule has 8 heteroatoms. The predicted molar refractivity (Wildman–Crippen MR) is 97.9 cm³/mol. The van der Waals surface area contributed by atoms with Crippen LogP contribution in [0.4, 0.5) is 0 Å². The van der Waals surface area contributed by atoms with Crippen molar-refractivity contribution in [1.29, 1.82) is 0 Å².